The molecule has 1 N–H and O–H groups in total. The van der Waals surface area contributed by atoms with E-state index in [1.54, 1.807) is 11.1 Å². The topological polar surface area (TPSA) is 45.2 Å². The summed E-state index contributed by atoms with van der Waals surface area (Å²) in [6.07, 6.45) is 1.46. The number of aromatic nitrogens is 1. The molecule has 130 valence electrons. The maximum Gasteiger partial charge on any atom is 0.261 e. The molecule has 0 saturated carbocycles. The molecule has 0 unspecified atom stereocenters. The van der Waals surface area contributed by atoms with Gasteiger partial charge in [-0.3, -0.25) is 9.69 Å². The lowest BCUT2D eigenvalue weighted by atomic mass is 10.1. The Balaban J connectivity index is 1.80. The number of nitrogens with one attached hydrogen (secondary N) is 1. The van der Waals surface area contributed by atoms with Crippen molar-refractivity contribution < 1.29 is 4.79 Å². The van der Waals surface area contributed by atoms with E-state index in [1.165, 1.54) is 11.1 Å². The Morgan fingerprint density at radius 3 is 2.38 bits per heavy atom. The van der Waals surface area contributed by atoms with E-state index in [0.717, 1.165) is 22.4 Å². The van der Waals surface area contributed by atoms with E-state index in [-0.39, 0.29) is 12.1 Å². The molecule has 2 heterocycles. The average molecular weight is 343 g/mol. The van der Waals surface area contributed by atoms with Gasteiger partial charge in [-0.15, -0.1) is 0 Å². The maximum absolute atomic E-state index is 13.1. The first kappa shape index (κ1) is 16.3. The van der Waals surface area contributed by atoms with Gasteiger partial charge in [-0.25, -0.2) is 4.98 Å². The van der Waals surface area contributed by atoms with Crippen molar-refractivity contribution in [3.05, 3.63) is 88.6 Å². The van der Waals surface area contributed by atoms with E-state index in [0.29, 0.717) is 5.82 Å². The second kappa shape index (κ2) is 6.30. The molecule has 1 atom stereocenters. The van der Waals surface area contributed by atoms with Crippen LogP contribution in [0.3, 0.4) is 0 Å². The third-order valence-corrected chi connectivity index (χ3v) is 4.64. The number of hydrogen-bond donors (Lipinski definition) is 1. The largest absolute Gasteiger partial charge is 0.361 e. The predicted octanol–water partition coefficient (Wildman–Crippen LogP) is 4.78. The van der Waals surface area contributed by atoms with Gasteiger partial charge < -0.3 is 5.32 Å². The summed E-state index contributed by atoms with van der Waals surface area (Å²) >= 11 is 0. The van der Waals surface area contributed by atoms with E-state index in [1.807, 2.05) is 43.3 Å². The average Bonchev–Trinajstić information content (AvgIpc) is 2.87. The lowest BCUT2D eigenvalue weighted by Gasteiger charge is -2.26. The summed E-state index contributed by atoms with van der Waals surface area (Å²) in [5, 5.41) is 3.54. The maximum atomic E-state index is 13.1. The van der Waals surface area contributed by atoms with Crippen molar-refractivity contribution in [3.8, 4) is 0 Å². The highest BCUT2D eigenvalue weighted by atomic mass is 16.2. The number of carbonyl (C=O) groups is 1. The zero-order valence-corrected chi connectivity index (χ0v) is 15.2. The third-order valence-electron chi connectivity index (χ3n) is 4.64. The van der Waals surface area contributed by atoms with E-state index in [9.17, 15) is 4.79 Å². The normalized spacial score (nSPS) is 15.9. The van der Waals surface area contributed by atoms with Gasteiger partial charge in [0.15, 0.2) is 0 Å². The molecule has 1 aliphatic rings. The van der Waals surface area contributed by atoms with E-state index >= 15 is 0 Å². The molecule has 4 heteroatoms. The lowest BCUT2D eigenvalue weighted by molar-refractivity contribution is 0.0992. The van der Waals surface area contributed by atoms with Gasteiger partial charge >= 0.3 is 0 Å². The van der Waals surface area contributed by atoms with Gasteiger partial charge in [0.2, 0.25) is 0 Å². The molecule has 0 fully saturated rings. The number of carbonyl (C=O) groups excluding carboxylic acids is 1. The number of hydrogen-bond acceptors (Lipinski definition) is 3. The van der Waals surface area contributed by atoms with Gasteiger partial charge in [0.25, 0.3) is 5.91 Å². The van der Waals surface area contributed by atoms with Crippen LogP contribution in [0.15, 0.2) is 60.8 Å². The molecule has 3 aromatic rings. The van der Waals surface area contributed by atoms with Crippen molar-refractivity contribution >= 4 is 17.4 Å². The van der Waals surface area contributed by atoms with E-state index in [2.05, 4.69) is 42.3 Å². The Morgan fingerprint density at radius 1 is 0.923 bits per heavy atom. The summed E-state index contributed by atoms with van der Waals surface area (Å²) < 4.78 is 0. The number of anilines is 2. The SMILES string of the molecule is Cc1cc(C)cc(N[C@H]2c3ccccc3C(=O)N2c2cc(C)ccn2)c1. The Hall–Kier alpha value is -3.14. The molecule has 1 amide bonds. The fraction of sp³-hybridized carbons (Fsp3) is 0.182. The molecule has 4 nitrogen and oxygen atoms in total. The van der Waals surface area contributed by atoms with Gasteiger partial charge in [0.05, 0.1) is 0 Å². The molecule has 0 spiro atoms. The smallest absolute Gasteiger partial charge is 0.261 e. The van der Waals surface area contributed by atoms with Gasteiger partial charge in [-0.05, 0) is 67.8 Å². The summed E-state index contributed by atoms with van der Waals surface area (Å²) in [5.74, 6) is 0.633. The third kappa shape index (κ3) is 2.84. The summed E-state index contributed by atoms with van der Waals surface area (Å²) in [6, 6.07) is 18.0. The van der Waals surface area contributed by atoms with Crippen LogP contribution < -0.4 is 10.2 Å². The first-order valence-corrected chi connectivity index (χ1v) is 8.73. The van der Waals surface area contributed by atoms with Crippen LogP contribution >= 0.6 is 0 Å². The Labute approximate surface area is 153 Å². The van der Waals surface area contributed by atoms with Crippen LogP contribution in [0.5, 0.6) is 0 Å². The summed E-state index contributed by atoms with van der Waals surface area (Å²) in [5.41, 5.74) is 6.13. The monoisotopic (exact) mass is 343 g/mol. The van der Waals surface area contributed by atoms with Crippen molar-refractivity contribution in [1.82, 2.24) is 4.98 Å². The van der Waals surface area contributed by atoms with Crippen LogP contribution in [0, 0.1) is 20.8 Å². The summed E-state index contributed by atoms with van der Waals surface area (Å²) in [6.45, 7) is 6.16. The van der Waals surface area contributed by atoms with Crippen molar-refractivity contribution in [3.63, 3.8) is 0 Å². The second-order valence-electron chi connectivity index (χ2n) is 6.88. The minimum absolute atomic E-state index is 0.0272. The molecule has 0 saturated heterocycles. The van der Waals surface area contributed by atoms with E-state index in [4.69, 9.17) is 0 Å². The fourth-order valence-corrected chi connectivity index (χ4v) is 3.56. The summed E-state index contributed by atoms with van der Waals surface area (Å²) in [4.78, 5) is 19.3. The highest BCUT2D eigenvalue weighted by Gasteiger charge is 2.38. The lowest BCUT2D eigenvalue weighted by Crippen LogP contribution is -2.33. The first-order chi connectivity index (χ1) is 12.5. The molecule has 4 rings (SSSR count). The summed E-state index contributed by atoms with van der Waals surface area (Å²) in [7, 11) is 0. The highest BCUT2D eigenvalue weighted by molar-refractivity contribution is 6.11. The van der Waals surface area contributed by atoms with Crippen molar-refractivity contribution in [2.45, 2.75) is 26.9 Å². The van der Waals surface area contributed by atoms with Crippen LogP contribution in [0.2, 0.25) is 0 Å². The Morgan fingerprint density at radius 2 is 1.65 bits per heavy atom. The second-order valence-corrected chi connectivity index (χ2v) is 6.88. The number of aryl methyl sites for hydroxylation is 3. The zero-order valence-electron chi connectivity index (χ0n) is 15.2. The van der Waals surface area contributed by atoms with E-state index < -0.39 is 0 Å². The molecular weight excluding hydrogens is 322 g/mol. The molecule has 0 aliphatic carbocycles. The Bertz CT molecular complexity index is 976. The van der Waals surface area contributed by atoms with Crippen molar-refractivity contribution in [1.29, 1.82) is 0 Å². The van der Waals surface area contributed by atoms with Crippen molar-refractivity contribution in [2.24, 2.45) is 0 Å². The number of nitrogens with zero attached hydrogens (tertiary/aromatic N) is 2. The van der Waals surface area contributed by atoms with Gasteiger partial charge in [0.1, 0.15) is 12.0 Å². The molecule has 0 bridgehead atoms. The molecular formula is C22H21N3O. The first-order valence-electron chi connectivity index (χ1n) is 8.73. The van der Waals surface area contributed by atoms with Gasteiger partial charge in [-0.1, -0.05) is 24.3 Å². The molecule has 1 aliphatic heterocycles. The fourth-order valence-electron chi connectivity index (χ4n) is 3.56. The van der Waals surface area contributed by atoms with Crippen LogP contribution in [0.4, 0.5) is 11.5 Å². The minimum Gasteiger partial charge on any atom is -0.361 e. The number of amides is 1. The molecule has 2 aromatic carbocycles. The minimum atomic E-state index is -0.283. The Kier molecular flexibility index (Phi) is 3.96. The van der Waals surface area contributed by atoms with Crippen molar-refractivity contribution in [2.75, 3.05) is 10.2 Å². The molecule has 1 aromatic heterocycles. The van der Waals surface area contributed by atoms with Gasteiger partial charge in [0, 0.05) is 23.0 Å². The predicted molar refractivity (Wildman–Crippen MR) is 105 cm³/mol. The highest BCUT2D eigenvalue weighted by Crippen LogP contribution is 2.37. The molecule has 0 radical (unpaired) electrons. The van der Waals surface area contributed by atoms with Crippen LogP contribution in [0.25, 0.3) is 0 Å². The number of rotatable bonds is 3. The quantitative estimate of drug-likeness (QED) is 0.744. The number of pyridine rings is 1. The van der Waals surface area contributed by atoms with Crippen LogP contribution in [-0.2, 0) is 0 Å². The zero-order chi connectivity index (χ0) is 18.3. The number of benzene rings is 2. The van der Waals surface area contributed by atoms with Crippen LogP contribution in [-0.4, -0.2) is 10.9 Å². The standard InChI is InChI=1S/C22H21N3O/c1-14-8-9-23-20(13-14)25-21(18-6-4-5-7-19(18)22(25)26)24-17-11-15(2)10-16(3)12-17/h4-13,21,24H,1-3H3/t21-/m1/s1. The molecule has 26 heavy (non-hydrogen) atoms. The van der Waals surface area contributed by atoms with Gasteiger partial charge in [-0.2, -0.15) is 0 Å². The number of fused-ring (bicyclic) bond motifs is 1. The van der Waals surface area contributed by atoms with Crippen LogP contribution in [0.1, 0.15) is 38.8 Å².